The molecule has 0 bridgehead atoms. The first-order valence-corrected chi connectivity index (χ1v) is 8.67. The number of rotatable bonds is 8. The Hall–Kier alpha value is -1.84. The lowest BCUT2D eigenvalue weighted by Crippen LogP contribution is -2.36. The fraction of sp³-hybridized carbons (Fsp3) is 0.579. The van der Waals surface area contributed by atoms with Crippen LogP contribution in [0.5, 0.6) is 0 Å². The fourth-order valence-corrected chi connectivity index (χ4v) is 3.49. The number of carboxylic acid groups (broad SMARTS) is 1. The highest BCUT2D eigenvalue weighted by Gasteiger charge is 2.26. The number of aliphatic carboxylic acids is 1. The van der Waals surface area contributed by atoms with Crippen LogP contribution >= 0.6 is 0 Å². The van der Waals surface area contributed by atoms with Gasteiger partial charge in [-0.15, -0.1) is 0 Å². The lowest BCUT2D eigenvalue weighted by molar-refractivity contribution is -0.138. The summed E-state index contributed by atoms with van der Waals surface area (Å²) in [7, 11) is 0. The van der Waals surface area contributed by atoms with Crippen LogP contribution in [0.1, 0.15) is 56.9 Å². The van der Waals surface area contributed by atoms with Gasteiger partial charge in [0, 0.05) is 12.5 Å². The molecule has 0 radical (unpaired) electrons. The predicted molar refractivity (Wildman–Crippen MR) is 90.2 cm³/mol. The maximum atomic E-state index is 12.4. The SMILES string of the molecule is CCC(CC1CCCC1)C(=O)NCC(C(=O)O)c1ccccc1. The molecule has 1 aromatic carbocycles. The number of carboxylic acids is 1. The van der Waals surface area contributed by atoms with Crippen molar-refractivity contribution in [2.75, 3.05) is 6.54 Å². The second kappa shape index (κ2) is 8.70. The number of hydrogen-bond donors (Lipinski definition) is 2. The molecule has 1 amide bonds. The zero-order valence-corrected chi connectivity index (χ0v) is 13.8. The molecule has 4 nitrogen and oxygen atoms in total. The Bertz CT molecular complexity index is 509. The van der Waals surface area contributed by atoms with Gasteiger partial charge in [0.05, 0.1) is 5.92 Å². The largest absolute Gasteiger partial charge is 0.481 e. The number of hydrogen-bond acceptors (Lipinski definition) is 2. The van der Waals surface area contributed by atoms with Crippen molar-refractivity contribution < 1.29 is 14.7 Å². The lowest BCUT2D eigenvalue weighted by Gasteiger charge is -2.20. The molecule has 1 fully saturated rings. The van der Waals surface area contributed by atoms with Gasteiger partial charge in [0.25, 0.3) is 0 Å². The normalized spacial score (nSPS) is 17.6. The molecule has 0 spiro atoms. The Labute approximate surface area is 138 Å². The highest BCUT2D eigenvalue weighted by molar-refractivity contribution is 5.81. The fourth-order valence-electron chi connectivity index (χ4n) is 3.49. The Balaban J connectivity index is 1.90. The molecule has 1 aliphatic carbocycles. The van der Waals surface area contributed by atoms with Crippen molar-refractivity contribution in [2.45, 2.75) is 51.4 Å². The van der Waals surface area contributed by atoms with Crippen LogP contribution in [-0.2, 0) is 9.59 Å². The topological polar surface area (TPSA) is 66.4 Å². The van der Waals surface area contributed by atoms with E-state index in [0.717, 1.165) is 18.4 Å². The van der Waals surface area contributed by atoms with Gasteiger partial charge in [-0.2, -0.15) is 0 Å². The van der Waals surface area contributed by atoms with Crippen LogP contribution in [0.4, 0.5) is 0 Å². The minimum atomic E-state index is -0.902. The second-order valence-electron chi connectivity index (χ2n) is 6.54. The molecule has 0 heterocycles. The zero-order chi connectivity index (χ0) is 16.7. The summed E-state index contributed by atoms with van der Waals surface area (Å²) in [4.78, 5) is 23.9. The number of carbonyl (C=O) groups is 2. The molecular weight excluding hydrogens is 290 g/mol. The van der Waals surface area contributed by atoms with Crippen molar-refractivity contribution in [1.29, 1.82) is 0 Å². The summed E-state index contributed by atoms with van der Waals surface area (Å²) in [6.07, 6.45) is 6.75. The van der Waals surface area contributed by atoms with Gasteiger partial charge in [-0.3, -0.25) is 9.59 Å². The predicted octanol–water partition coefficient (Wildman–Crippen LogP) is 3.58. The van der Waals surface area contributed by atoms with Gasteiger partial charge >= 0.3 is 5.97 Å². The first-order valence-electron chi connectivity index (χ1n) is 8.67. The van der Waals surface area contributed by atoms with Crippen molar-refractivity contribution in [3.63, 3.8) is 0 Å². The highest BCUT2D eigenvalue weighted by atomic mass is 16.4. The van der Waals surface area contributed by atoms with E-state index in [2.05, 4.69) is 5.32 Å². The van der Waals surface area contributed by atoms with E-state index in [-0.39, 0.29) is 18.4 Å². The number of benzene rings is 1. The van der Waals surface area contributed by atoms with Gasteiger partial charge in [-0.25, -0.2) is 0 Å². The molecule has 0 aromatic heterocycles. The van der Waals surface area contributed by atoms with E-state index >= 15 is 0 Å². The average molecular weight is 317 g/mol. The third-order valence-electron chi connectivity index (χ3n) is 4.94. The van der Waals surface area contributed by atoms with Crippen molar-refractivity contribution in [3.8, 4) is 0 Å². The molecule has 1 aromatic rings. The highest BCUT2D eigenvalue weighted by Crippen LogP contribution is 2.31. The first-order chi connectivity index (χ1) is 11.1. The summed E-state index contributed by atoms with van der Waals surface area (Å²) in [5, 5.41) is 12.3. The van der Waals surface area contributed by atoms with E-state index in [1.54, 1.807) is 12.1 Å². The average Bonchev–Trinajstić information content (AvgIpc) is 3.06. The smallest absolute Gasteiger partial charge is 0.312 e. The zero-order valence-electron chi connectivity index (χ0n) is 13.8. The van der Waals surface area contributed by atoms with Gasteiger partial charge in [-0.05, 0) is 24.3 Å². The standard InChI is InChI=1S/C19H27NO3/c1-2-15(12-14-8-6-7-9-14)18(21)20-13-17(19(22)23)16-10-4-3-5-11-16/h3-5,10-11,14-15,17H,2,6-9,12-13H2,1H3,(H,20,21)(H,22,23). The third kappa shape index (κ3) is 5.08. The van der Waals surface area contributed by atoms with Crippen LogP contribution in [0.2, 0.25) is 0 Å². The summed E-state index contributed by atoms with van der Waals surface area (Å²) in [6, 6.07) is 9.08. The summed E-state index contributed by atoms with van der Waals surface area (Å²) in [6.45, 7) is 2.18. The van der Waals surface area contributed by atoms with E-state index in [1.165, 1.54) is 25.7 Å². The van der Waals surface area contributed by atoms with Crippen LogP contribution < -0.4 is 5.32 Å². The molecule has 0 saturated heterocycles. The molecule has 2 N–H and O–H groups in total. The third-order valence-corrected chi connectivity index (χ3v) is 4.94. The van der Waals surface area contributed by atoms with E-state index in [9.17, 15) is 14.7 Å². The minimum absolute atomic E-state index is 0.00146. The molecule has 1 aliphatic rings. The van der Waals surface area contributed by atoms with Crippen molar-refractivity contribution in [1.82, 2.24) is 5.32 Å². The Morgan fingerprint density at radius 1 is 1.22 bits per heavy atom. The van der Waals surface area contributed by atoms with E-state index < -0.39 is 11.9 Å². The monoisotopic (exact) mass is 317 g/mol. The molecule has 126 valence electrons. The van der Waals surface area contributed by atoms with Crippen LogP contribution in [0.15, 0.2) is 30.3 Å². The van der Waals surface area contributed by atoms with Crippen molar-refractivity contribution >= 4 is 11.9 Å². The summed E-state index contributed by atoms with van der Waals surface area (Å²) in [5.74, 6) is -0.926. The van der Waals surface area contributed by atoms with Gasteiger partial charge in [-0.1, -0.05) is 62.9 Å². The van der Waals surface area contributed by atoms with Crippen LogP contribution in [-0.4, -0.2) is 23.5 Å². The van der Waals surface area contributed by atoms with Crippen LogP contribution in [0.25, 0.3) is 0 Å². The first kappa shape index (κ1) is 17.5. The summed E-state index contributed by atoms with van der Waals surface area (Å²) >= 11 is 0. The van der Waals surface area contributed by atoms with Gasteiger partial charge in [0.1, 0.15) is 0 Å². The summed E-state index contributed by atoms with van der Waals surface area (Å²) < 4.78 is 0. The second-order valence-corrected chi connectivity index (χ2v) is 6.54. The van der Waals surface area contributed by atoms with Crippen LogP contribution in [0.3, 0.4) is 0 Å². The minimum Gasteiger partial charge on any atom is -0.481 e. The summed E-state index contributed by atoms with van der Waals surface area (Å²) in [5.41, 5.74) is 0.726. The number of amides is 1. The van der Waals surface area contributed by atoms with Gasteiger partial charge in [0.2, 0.25) is 5.91 Å². The lowest BCUT2D eigenvalue weighted by atomic mass is 9.90. The van der Waals surface area contributed by atoms with E-state index in [1.807, 2.05) is 25.1 Å². The number of nitrogens with one attached hydrogen (secondary N) is 1. The molecule has 4 heteroatoms. The molecule has 2 atom stereocenters. The van der Waals surface area contributed by atoms with Crippen LogP contribution in [0, 0.1) is 11.8 Å². The molecule has 1 saturated carbocycles. The molecule has 2 unspecified atom stereocenters. The molecule has 2 rings (SSSR count). The van der Waals surface area contributed by atoms with E-state index in [0.29, 0.717) is 5.92 Å². The number of carbonyl (C=O) groups excluding carboxylic acids is 1. The van der Waals surface area contributed by atoms with Crippen molar-refractivity contribution in [2.24, 2.45) is 11.8 Å². The maximum Gasteiger partial charge on any atom is 0.312 e. The Kier molecular flexibility index (Phi) is 6.63. The van der Waals surface area contributed by atoms with Crippen molar-refractivity contribution in [3.05, 3.63) is 35.9 Å². The quantitative estimate of drug-likeness (QED) is 0.770. The molecule has 0 aliphatic heterocycles. The molecule has 23 heavy (non-hydrogen) atoms. The maximum absolute atomic E-state index is 12.4. The van der Waals surface area contributed by atoms with E-state index in [4.69, 9.17) is 0 Å². The Morgan fingerprint density at radius 2 is 1.87 bits per heavy atom. The Morgan fingerprint density at radius 3 is 2.43 bits per heavy atom. The van der Waals surface area contributed by atoms with Gasteiger partial charge in [0.15, 0.2) is 0 Å². The molecular formula is C19H27NO3. The van der Waals surface area contributed by atoms with Gasteiger partial charge < -0.3 is 10.4 Å².